The molecule has 0 aromatic carbocycles. The maximum absolute atomic E-state index is 12.2. The molecule has 17 heavy (non-hydrogen) atoms. The first-order valence-corrected chi connectivity index (χ1v) is 7.87. The highest BCUT2D eigenvalue weighted by Gasteiger charge is 2.27. The molecule has 1 aromatic heterocycles. The summed E-state index contributed by atoms with van der Waals surface area (Å²) in [5.74, 6) is 0.694. The summed E-state index contributed by atoms with van der Waals surface area (Å²) in [5.41, 5.74) is 0. The van der Waals surface area contributed by atoms with Crippen LogP contribution in [0, 0.1) is 5.92 Å². The largest absolute Gasteiger partial charge is 0.338 e. The molecule has 0 N–H and O–H groups in total. The third-order valence-electron chi connectivity index (χ3n) is 3.29. The SMILES string of the molecule is CC(Cl)C1CCN(C(=O)c2sccc2Br)CC1. The van der Waals surface area contributed by atoms with E-state index in [1.165, 1.54) is 11.3 Å². The quantitative estimate of drug-likeness (QED) is 0.748. The minimum absolute atomic E-state index is 0.146. The lowest BCUT2D eigenvalue weighted by atomic mass is 9.94. The lowest BCUT2D eigenvalue weighted by Crippen LogP contribution is -2.39. The number of halogens is 2. The zero-order chi connectivity index (χ0) is 12.4. The van der Waals surface area contributed by atoms with Crippen molar-refractivity contribution in [3.05, 3.63) is 20.8 Å². The van der Waals surface area contributed by atoms with Crippen LogP contribution in [0.25, 0.3) is 0 Å². The number of hydrogen-bond acceptors (Lipinski definition) is 2. The van der Waals surface area contributed by atoms with Crippen LogP contribution in [0.2, 0.25) is 0 Å². The molecule has 0 radical (unpaired) electrons. The van der Waals surface area contributed by atoms with Gasteiger partial charge >= 0.3 is 0 Å². The standard InChI is InChI=1S/C12H15BrClNOS/c1-8(14)9-2-5-15(6-3-9)12(16)11-10(13)4-7-17-11/h4,7-9H,2-3,5-6H2,1H3. The van der Waals surface area contributed by atoms with Crippen molar-refractivity contribution < 1.29 is 4.79 Å². The van der Waals surface area contributed by atoms with E-state index in [1.54, 1.807) is 0 Å². The molecule has 0 bridgehead atoms. The monoisotopic (exact) mass is 335 g/mol. The summed E-state index contributed by atoms with van der Waals surface area (Å²) >= 11 is 11.0. The number of piperidine rings is 1. The number of carbonyl (C=O) groups is 1. The Morgan fingerprint density at radius 3 is 2.71 bits per heavy atom. The topological polar surface area (TPSA) is 20.3 Å². The molecular weight excluding hydrogens is 322 g/mol. The average Bonchev–Trinajstić information content (AvgIpc) is 2.74. The third-order valence-corrected chi connectivity index (χ3v) is 5.47. The zero-order valence-electron chi connectivity index (χ0n) is 9.66. The van der Waals surface area contributed by atoms with Gasteiger partial charge in [0, 0.05) is 22.9 Å². The van der Waals surface area contributed by atoms with Gasteiger partial charge in [-0.25, -0.2) is 0 Å². The number of alkyl halides is 1. The van der Waals surface area contributed by atoms with Crippen molar-refractivity contribution in [2.45, 2.75) is 25.1 Å². The predicted octanol–water partition coefficient (Wildman–Crippen LogP) is 3.99. The van der Waals surface area contributed by atoms with Crippen LogP contribution in [0.15, 0.2) is 15.9 Å². The van der Waals surface area contributed by atoms with Gasteiger partial charge in [-0.3, -0.25) is 4.79 Å². The van der Waals surface area contributed by atoms with Gasteiger partial charge in [-0.15, -0.1) is 22.9 Å². The van der Waals surface area contributed by atoms with Gasteiger partial charge in [-0.05, 0) is 53.1 Å². The molecule has 1 unspecified atom stereocenters. The summed E-state index contributed by atoms with van der Waals surface area (Å²) in [6.07, 6.45) is 2.03. The van der Waals surface area contributed by atoms with E-state index in [9.17, 15) is 4.79 Å². The highest BCUT2D eigenvalue weighted by molar-refractivity contribution is 9.10. The molecule has 5 heteroatoms. The maximum Gasteiger partial charge on any atom is 0.265 e. The molecule has 1 fully saturated rings. The summed E-state index contributed by atoms with van der Waals surface area (Å²) < 4.78 is 0.903. The molecular formula is C12H15BrClNOS. The van der Waals surface area contributed by atoms with Crippen molar-refractivity contribution in [3.8, 4) is 0 Å². The van der Waals surface area contributed by atoms with Crippen molar-refractivity contribution in [2.24, 2.45) is 5.92 Å². The van der Waals surface area contributed by atoms with Crippen LogP contribution in [0.5, 0.6) is 0 Å². The van der Waals surface area contributed by atoms with Gasteiger partial charge in [0.2, 0.25) is 0 Å². The van der Waals surface area contributed by atoms with Crippen LogP contribution < -0.4 is 0 Å². The van der Waals surface area contributed by atoms with E-state index in [0.29, 0.717) is 5.92 Å². The molecule has 1 amide bonds. The molecule has 0 saturated carbocycles. The molecule has 0 spiro atoms. The second-order valence-corrected chi connectivity index (χ2v) is 6.86. The third kappa shape index (κ3) is 3.04. The van der Waals surface area contributed by atoms with Crippen molar-refractivity contribution >= 4 is 44.8 Å². The molecule has 1 atom stereocenters. The Morgan fingerprint density at radius 1 is 1.59 bits per heavy atom. The summed E-state index contributed by atoms with van der Waals surface area (Å²) in [6.45, 7) is 3.69. The molecule has 1 aliphatic heterocycles. The Balaban J connectivity index is 1.98. The Labute approximate surface area is 119 Å². The fraction of sp³-hybridized carbons (Fsp3) is 0.583. The number of nitrogens with zero attached hydrogens (tertiary/aromatic N) is 1. The second kappa shape index (κ2) is 5.72. The number of carbonyl (C=O) groups excluding carboxylic acids is 1. The summed E-state index contributed by atoms with van der Waals surface area (Å²) in [6, 6.07) is 1.92. The van der Waals surface area contributed by atoms with Crippen molar-refractivity contribution in [1.29, 1.82) is 0 Å². The number of likely N-dealkylation sites (tertiary alicyclic amines) is 1. The molecule has 1 saturated heterocycles. The fourth-order valence-electron chi connectivity index (χ4n) is 2.15. The Hall–Kier alpha value is -0.0600. The average molecular weight is 337 g/mol. The van der Waals surface area contributed by atoms with Gasteiger partial charge < -0.3 is 4.90 Å². The van der Waals surface area contributed by atoms with Crippen LogP contribution in [0.1, 0.15) is 29.4 Å². The van der Waals surface area contributed by atoms with Crippen LogP contribution in [0.3, 0.4) is 0 Å². The molecule has 1 aromatic rings. The van der Waals surface area contributed by atoms with E-state index in [2.05, 4.69) is 15.9 Å². The smallest absolute Gasteiger partial charge is 0.265 e. The van der Waals surface area contributed by atoms with Crippen LogP contribution in [-0.4, -0.2) is 29.3 Å². The fourth-order valence-corrected chi connectivity index (χ4v) is 3.91. The number of hydrogen-bond donors (Lipinski definition) is 0. The second-order valence-electron chi connectivity index (χ2n) is 4.40. The number of thiophene rings is 1. The summed E-state index contributed by atoms with van der Waals surface area (Å²) in [7, 11) is 0. The van der Waals surface area contributed by atoms with Gasteiger partial charge in [0.1, 0.15) is 4.88 Å². The van der Waals surface area contributed by atoms with Gasteiger partial charge in [-0.1, -0.05) is 0 Å². The number of amides is 1. The maximum atomic E-state index is 12.2. The predicted molar refractivity (Wildman–Crippen MR) is 76.0 cm³/mol. The highest BCUT2D eigenvalue weighted by atomic mass is 79.9. The van der Waals surface area contributed by atoms with Crippen molar-refractivity contribution in [2.75, 3.05) is 13.1 Å². The van der Waals surface area contributed by atoms with Crippen LogP contribution >= 0.6 is 38.9 Å². The Kier molecular flexibility index (Phi) is 4.50. The molecule has 1 aliphatic rings. The summed E-state index contributed by atoms with van der Waals surface area (Å²) in [5, 5.41) is 2.14. The molecule has 2 heterocycles. The van der Waals surface area contributed by atoms with Crippen LogP contribution in [0.4, 0.5) is 0 Å². The molecule has 2 nitrogen and oxygen atoms in total. The first-order chi connectivity index (χ1) is 8.09. The van der Waals surface area contributed by atoms with E-state index in [1.807, 2.05) is 23.3 Å². The van der Waals surface area contributed by atoms with Crippen molar-refractivity contribution in [3.63, 3.8) is 0 Å². The number of rotatable bonds is 2. The van der Waals surface area contributed by atoms with Crippen molar-refractivity contribution in [1.82, 2.24) is 4.90 Å². The van der Waals surface area contributed by atoms with E-state index >= 15 is 0 Å². The van der Waals surface area contributed by atoms with E-state index in [-0.39, 0.29) is 11.3 Å². The van der Waals surface area contributed by atoms with Gasteiger partial charge in [0.25, 0.3) is 5.91 Å². The van der Waals surface area contributed by atoms with Crippen LogP contribution in [-0.2, 0) is 0 Å². The minimum atomic E-state index is 0.146. The highest BCUT2D eigenvalue weighted by Crippen LogP contribution is 2.28. The summed E-state index contributed by atoms with van der Waals surface area (Å²) in [4.78, 5) is 15.0. The lowest BCUT2D eigenvalue weighted by Gasteiger charge is -2.33. The van der Waals surface area contributed by atoms with Gasteiger partial charge in [0.05, 0.1) is 0 Å². The van der Waals surface area contributed by atoms with E-state index < -0.39 is 0 Å². The minimum Gasteiger partial charge on any atom is -0.338 e. The lowest BCUT2D eigenvalue weighted by molar-refractivity contribution is 0.0694. The first-order valence-electron chi connectivity index (χ1n) is 5.76. The van der Waals surface area contributed by atoms with E-state index in [4.69, 9.17) is 11.6 Å². The Bertz CT molecular complexity index is 399. The van der Waals surface area contributed by atoms with Gasteiger partial charge in [0.15, 0.2) is 0 Å². The van der Waals surface area contributed by atoms with E-state index in [0.717, 1.165) is 35.3 Å². The Morgan fingerprint density at radius 2 is 2.24 bits per heavy atom. The molecule has 94 valence electrons. The molecule has 0 aliphatic carbocycles. The molecule has 2 rings (SSSR count). The first kappa shape index (κ1) is 13.4. The normalized spacial score (nSPS) is 19.4. The van der Waals surface area contributed by atoms with Gasteiger partial charge in [-0.2, -0.15) is 0 Å². The zero-order valence-corrected chi connectivity index (χ0v) is 12.8.